The summed E-state index contributed by atoms with van der Waals surface area (Å²) in [5.74, 6) is 0.244. The topological polar surface area (TPSA) is 49.6 Å². The predicted octanol–water partition coefficient (Wildman–Crippen LogP) is 1.64. The molecule has 0 radical (unpaired) electrons. The SMILES string of the molecule is Nc1cccc2c1N(CC(=O)N1CCCC1)CCC2. The lowest BCUT2D eigenvalue weighted by atomic mass is 10.0. The minimum atomic E-state index is 0.244. The number of benzene rings is 1. The summed E-state index contributed by atoms with van der Waals surface area (Å²) in [5.41, 5.74) is 9.25. The Labute approximate surface area is 114 Å². The standard InChI is InChI=1S/C15H21N3O/c16-13-7-3-5-12-6-4-10-18(15(12)13)11-14(19)17-8-1-2-9-17/h3,5,7H,1-2,4,6,8-11,16H2. The van der Waals surface area contributed by atoms with Crippen molar-refractivity contribution in [2.24, 2.45) is 0 Å². The summed E-state index contributed by atoms with van der Waals surface area (Å²) in [6.07, 6.45) is 4.45. The maximum absolute atomic E-state index is 12.3. The molecular weight excluding hydrogens is 238 g/mol. The Balaban J connectivity index is 1.78. The molecule has 19 heavy (non-hydrogen) atoms. The first-order chi connectivity index (χ1) is 9.25. The maximum Gasteiger partial charge on any atom is 0.242 e. The molecule has 0 aliphatic carbocycles. The van der Waals surface area contributed by atoms with E-state index in [0.717, 1.165) is 56.7 Å². The number of para-hydroxylation sites is 1. The third kappa shape index (κ3) is 2.39. The summed E-state index contributed by atoms with van der Waals surface area (Å²) < 4.78 is 0. The molecule has 0 bridgehead atoms. The van der Waals surface area contributed by atoms with Gasteiger partial charge in [0.25, 0.3) is 0 Å². The van der Waals surface area contributed by atoms with Crippen molar-refractivity contribution in [1.29, 1.82) is 0 Å². The van der Waals surface area contributed by atoms with Crippen LogP contribution in [0.3, 0.4) is 0 Å². The van der Waals surface area contributed by atoms with Crippen LogP contribution >= 0.6 is 0 Å². The van der Waals surface area contributed by atoms with Crippen molar-refractivity contribution in [3.63, 3.8) is 0 Å². The lowest BCUT2D eigenvalue weighted by Crippen LogP contribution is -2.41. The molecule has 1 fully saturated rings. The van der Waals surface area contributed by atoms with Gasteiger partial charge in [-0.3, -0.25) is 4.79 Å². The summed E-state index contributed by atoms with van der Waals surface area (Å²) in [7, 11) is 0. The van der Waals surface area contributed by atoms with Crippen LogP contribution < -0.4 is 10.6 Å². The Morgan fingerprint density at radius 1 is 1.16 bits per heavy atom. The zero-order valence-electron chi connectivity index (χ0n) is 11.3. The number of likely N-dealkylation sites (tertiary alicyclic amines) is 1. The highest BCUT2D eigenvalue weighted by molar-refractivity contribution is 5.84. The number of carbonyl (C=O) groups is 1. The highest BCUT2D eigenvalue weighted by atomic mass is 16.2. The van der Waals surface area contributed by atoms with Gasteiger partial charge in [0, 0.05) is 19.6 Å². The smallest absolute Gasteiger partial charge is 0.242 e. The van der Waals surface area contributed by atoms with Gasteiger partial charge in [0.05, 0.1) is 17.9 Å². The number of hydrogen-bond donors (Lipinski definition) is 1. The van der Waals surface area contributed by atoms with Crippen LogP contribution in [0.5, 0.6) is 0 Å². The molecule has 0 saturated carbocycles. The van der Waals surface area contributed by atoms with Crippen molar-refractivity contribution in [3.8, 4) is 0 Å². The van der Waals surface area contributed by atoms with Crippen molar-refractivity contribution >= 4 is 17.3 Å². The number of nitrogens with two attached hydrogens (primary N) is 1. The monoisotopic (exact) mass is 259 g/mol. The van der Waals surface area contributed by atoms with Crippen LogP contribution in [0.15, 0.2) is 18.2 Å². The van der Waals surface area contributed by atoms with E-state index in [9.17, 15) is 4.79 Å². The predicted molar refractivity (Wildman–Crippen MR) is 77.2 cm³/mol. The molecule has 2 heterocycles. The minimum absolute atomic E-state index is 0.244. The van der Waals surface area contributed by atoms with Crippen molar-refractivity contribution in [3.05, 3.63) is 23.8 Å². The Morgan fingerprint density at radius 2 is 1.95 bits per heavy atom. The molecular formula is C15H21N3O. The molecule has 0 spiro atoms. The Kier molecular flexibility index (Phi) is 3.32. The number of carbonyl (C=O) groups excluding carboxylic acids is 1. The van der Waals surface area contributed by atoms with Gasteiger partial charge < -0.3 is 15.5 Å². The average molecular weight is 259 g/mol. The molecule has 0 atom stereocenters. The molecule has 4 heteroatoms. The Bertz CT molecular complexity index is 480. The van der Waals surface area contributed by atoms with E-state index in [1.54, 1.807) is 0 Å². The van der Waals surface area contributed by atoms with Crippen LogP contribution in [0.2, 0.25) is 0 Å². The van der Waals surface area contributed by atoms with Crippen LogP contribution in [-0.4, -0.2) is 37.0 Å². The lowest BCUT2D eigenvalue weighted by Gasteiger charge is -2.33. The fourth-order valence-electron chi connectivity index (χ4n) is 3.16. The number of anilines is 2. The quantitative estimate of drug-likeness (QED) is 0.822. The maximum atomic E-state index is 12.3. The molecule has 1 aromatic rings. The number of nitrogen functional groups attached to an aromatic ring is 1. The van der Waals surface area contributed by atoms with Gasteiger partial charge in [-0.25, -0.2) is 0 Å². The molecule has 1 amide bonds. The minimum Gasteiger partial charge on any atom is -0.397 e. The molecule has 4 nitrogen and oxygen atoms in total. The van der Waals surface area contributed by atoms with E-state index in [4.69, 9.17) is 5.73 Å². The van der Waals surface area contributed by atoms with Gasteiger partial charge in [-0.1, -0.05) is 12.1 Å². The number of hydrogen-bond acceptors (Lipinski definition) is 3. The molecule has 0 unspecified atom stereocenters. The van der Waals surface area contributed by atoms with Gasteiger partial charge >= 0.3 is 0 Å². The van der Waals surface area contributed by atoms with Gasteiger partial charge in [0.2, 0.25) is 5.91 Å². The second-order valence-corrected chi connectivity index (χ2v) is 5.47. The first-order valence-electron chi connectivity index (χ1n) is 7.16. The molecule has 2 N–H and O–H groups in total. The van der Waals surface area contributed by atoms with E-state index in [1.807, 2.05) is 17.0 Å². The molecule has 1 saturated heterocycles. The van der Waals surface area contributed by atoms with Crippen molar-refractivity contribution < 1.29 is 4.79 Å². The summed E-state index contributed by atoms with van der Waals surface area (Å²) in [5, 5.41) is 0. The van der Waals surface area contributed by atoms with E-state index in [2.05, 4.69) is 11.0 Å². The van der Waals surface area contributed by atoms with Gasteiger partial charge in [0.1, 0.15) is 0 Å². The molecule has 3 rings (SSSR count). The number of fused-ring (bicyclic) bond motifs is 1. The van der Waals surface area contributed by atoms with E-state index in [1.165, 1.54) is 5.56 Å². The normalized spacial score (nSPS) is 18.5. The summed E-state index contributed by atoms with van der Waals surface area (Å²) in [4.78, 5) is 16.4. The van der Waals surface area contributed by atoms with E-state index >= 15 is 0 Å². The summed E-state index contributed by atoms with van der Waals surface area (Å²) in [6, 6.07) is 6.05. The van der Waals surface area contributed by atoms with Gasteiger partial charge in [0.15, 0.2) is 0 Å². The molecule has 1 aromatic carbocycles. The first kappa shape index (κ1) is 12.3. The third-order valence-corrected chi connectivity index (χ3v) is 4.13. The van der Waals surface area contributed by atoms with Crippen LogP contribution in [0.25, 0.3) is 0 Å². The fraction of sp³-hybridized carbons (Fsp3) is 0.533. The second-order valence-electron chi connectivity index (χ2n) is 5.47. The summed E-state index contributed by atoms with van der Waals surface area (Å²) >= 11 is 0. The van der Waals surface area contributed by atoms with E-state index in [0.29, 0.717) is 6.54 Å². The number of nitrogens with zero attached hydrogens (tertiary/aromatic N) is 2. The number of rotatable bonds is 2. The van der Waals surface area contributed by atoms with Gasteiger partial charge in [-0.2, -0.15) is 0 Å². The molecule has 0 aromatic heterocycles. The number of aryl methyl sites for hydroxylation is 1. The zero-order chi connectivity index (χ0) is 13.2. The highest BCUT2D eigenvalue weighted by Crippen LogP contribution is 2.32. The van der Waals surface area contributed by atoms with Crippen molar-refractivity contribution in [2.75, 3.05) is 36.8 Å². The second kappa shape index (κ2) is 5.11. The fourth-order valence-corrected chi connectivity index (χ4v) is 3.16. The van der Waals surface area contributed by atoms with Crippen LogP contribution in [0.1, 0.15) is 24.8 Å². The largest absolute Gasteiger partial charge is 0.397 e. The molecule has 2 aliphatic heterocycles. The van der Waals surface area contributed by atoms with Crippen molar-refractivity contribution in [1.82, 2.24) is 4.90 Å². The Hall–Kier alpha value is -1.71. The molecule has 102 valence electrons. The van der Waals surface area contributed by atoms with Crippen molar-refractivity contribution in [2.45, 2.75) is 25.7 Å². The van der Waals surface area contributed by atoms with Crippen LogP contribution in [-0.2, 0) is 11.2 Å². The van der Waals surface area contributed by atoms with Gasteiger partial charge in [-0.15, -0.1) is 0 Å². The van der Waals surface area contributed by atoms with E-state index < -0.39 is 0 Å². The zero-order valence-corrected chi connectivity index (χ0v) is 11.3. The lowest BCUT2D eigenvalue weighted by molar-refractivity contribution is -0.128. The van der Waals surface area contributed by atoms with Crippen LogP contribution in [0.4, 0.5) is 11.4 Å². The van der Waals surface area contributed by atoms with Crippen LogP contribution in [0, 0.1) is 0 Å². The summed E-state index contributed by atoms with van der Waals surface area (Å²) in [6.45, 7) is 3.25. The van der Waals surface area contributed by atoms with E-state index in [-0.39, 0.29) is 5.91 Å². The third-order valence-electron chi connectivity index (χ3n) is 4.13. The number of amides is 1. The molecule has 2 aliphatic rings. The van der Waals surface area contributed by atoms with Gasteiger partial charge in [-0.05, 0) is 37.3 Å². The highest BCUT2D eigenvalue weighted by Gasteiger charge is 2.24. The average Bonchev–Trinajstić information content (AvgIpc) is 2.93. The first-order valence-corrected chi connectivity index (χ1v) is 7.16. The Morgan fingerprint density at radius 3 is 2.74 bits per heavy atom.